The fourth-order valence-corrected chi connectivity index (χ4v) is 1.82. The maximum Gasteiger partial charge on any atom is 0.350 e. The first-order valence-corrected chi connectivity index (χ1v) is 5.54. The molecule has 90 valence electrons. The summed E-state index contributed by atoms with van der Waals surface area (Å²) in [5.74, 6) is 0.0310. The smallest absolute Gasteiger partial charge is 0.247 e. The van der Waals surface area contributed by atoms with Crippen LogP contribution in [0.1, 0.15) is 12.7 Å². The summed E-state index contributed by atoms with van der Waals surface area (Å²) in [6.45, 7) is 4.03. The number of hydrogen-bond donors (Lipinski definition) is 0. The van der Waals surface area contributed by atoms with Gasteiger partial charge in [-0.05, 0) is 32.0 Å². The zero-order chi connectivity index (χ0) is 12.6. The molecular weight excluding hydrogens is 245 g/mol. The van der Waals surface area contributed by atoms with E-state index in [0.717, 1.165) is 0 Å². The van der Waals surface area contributed by atoms with Gasteiger partial charge in [0.1, 0.15) is 11.6 Å². The Balaban J connectivity index is 2.64. The molecule has 2 aromatic rings. The van der Waals surface area contributed by atoms with E-state index in [0.29, 0.717) is 18.1 Å². The van der Waals surface area contributed by atoms with Crippen molar-refractivity contribution in [3.8, 4) is 5.69 Å². The molecule has 0 atom stereocenters. The van der Waals surface area contributed by atoms with Crippen LogP contribution in [0.5, 0.6) is 0 Å². The maximum absolute atomic E-state index is 13.0. The molecule has 0 saturated heterocycles. The molecule has 6 heteroatoms. The van der Waals surface area contributed by atoms with Crippen LogP contribution < -0.4 is 5.69 Å². The summed E-state index contributed by atoms with van der Waals surface area (Å²) in [5, 5.41) is 4.07. The molecule has 0 bridgehead atoms. The highest BCUT2D eigenvalue weighted by Gasteiger charge is 2.11. The van der Waals surface area contributed by atoms with Crippen LogP contribution in [-0.4, -0.2) is 14.3 Å². The van der Waals surface area contributed by atoms with Crippen molar-refractivity contribution < 1.29 is 4.39 Å². The van der Waals surface area contributed by atoms with E-state index in [-0.39, 0.29) is 10.7 Å². The van der Waals surface area contributed by atoms with Crippen LogP contribution in [0.4, 0.5) is 4.39 Å². The Morgan fingerprint density at radius 1 is 1.47 bits per heavy atom. The quantitative estimate of drug-likeness (QED) is 0.825. The molecule has 2 rings (SSSR count). The van der Waals surface area contributed by atoms with Gasteiger partial charge < -0.3 is 0 Å². The third-order valence-corrected chi connectivity index (χ3v) is 2.75. The molecule has 0 spiro atoms. The molecule has 0 radical (unpaired) electrons. The predicted octanol–water partition coefficient (Wildman–Crippen LogP) is 2.15. The number of hydrogen-bond acceptors (Lipinski definition) is 2. The van der Waals surface area contributed by atoms with Crippen molar-refractivity contribution >= 4 is 11.6 Å². The van der Waals surface area contributed by atoms with Gasteiger partial charge in [-0.15, -0.1) is 0 Å². The van der Waals surface area contributed by atoms with Crippen molar-refractivity contribution in [2.24, 2.45) is 0 Å². The Morgan fingerprint density at radius 3 is 2.71 bits per heavy atom. The van der Waals surface area contributed by atoms with E-state index >= 15 is 0 Å². The van der Waals surface area contributed by atoms with Gasteiger partial charge >= 0.3 is 5.69 Å². The van der Waals surface area contributed by atoms with Crippen molar-refractivity contribution in [3.05, 3.63) is 45.3 Å². The number of aryl methyl sites for hydroxylation is 2. The van der Waals surface area contributed by atoms with E-state index in [2.05, 4.69) is 5.10 Å². The van der Waals surface area contributed by atoms with Gasteiger partial charge in [0.15, 0.2) is 0 Å². The first kappa shape index (κ1) is 11.9. The summed E-state index contributed by atoms with van der Waals surface area (Å²) in [6, 6.07) is 4.14. The Hall–Kier alpha value is -1.62. The largest absolute Gasteiger partial charge is 0.350 e. The molecule has 0 aliphatic heterocycles. The van der Waals surface area contributed by atoms with Gasteiger partial charge in [-0.2, -0.15) is 5.10 Å². The third kappa shape index (κ3) is 1.98. The van der Waals surface area contributed by atoms with Gasteiger partial charge in [-0.3, -0.25) is 0 Å². The van der Waals surface area contributed by atoms with E-state index in [1.807, 2.05) is 6.92 Å². The number of rotatable bonds is 2. The molecule has 0 N–H and O–H groups in total. The highest BCUT2D eigenvalue weighted by Crippen LogP contribution is 2.18. The maximum atomic E-state index is 13.0. The lowest BCUT2D eigenvalue weighted by atomic mass is 10.3. The van der Waals surface area contributed by atoms with Crippen LogP contribution in [-0.2, 0) is 6.54 Å². The minimum absolute atomic E-state index is 0.0157. The lowest BCUT2D eigenvalue weighted by Gasteiger charge is -2.03. The van der Waals surface area contributed by atoms with Crippen molar-refractivity contribution in [2.75, 3.05) is 0 Å². The standard InChI is InChI=1S/C11H11ClFN3O/c1-3-15-11(17)16(7(2)14-15)8-4-5-10(13)9(12)6-8/h4-6H,3H2,1-2H3. The van der Waals surface area contributed by atoms with Crippen LogP contribution in [0, 0.1) is 12.7 Å². The molecule has 0 unspecified atom stereocenters. The van der Waals surface area contributed by atoms with Gasteiger partial charge in [-0.25, -0.2) is 18.4 Å². The Labute approximate surface area is 102 Å². The van der Waals surface area contributed by atoms with Crippen LogP contribution >= 0.6 is 11.6 Å². The van der Waals surface area contributed by atoms with E-state index in [1.165, 1.54) is 27.4 Å². The molecular formula is C11H11ClFN3O. The zero-order valence-corrected chi connectivity index (χ0v) is 10.2. The van der Waals surface area contributed by atoms with Gasteiger partial charge in [0, 0.05) is 6.54 Å². The summed E-state index contributed by atoms with van der Waals surface area (Å²) in [7, 11) is 0. The first-order valence-electron chi connectivity index (χ1n) is 5.16. The second kappa shape index (κ2) is 4.33. The number of halogens is 2. The summed E-state index contributed by atoms with van der Waals surface area (Å²) >= 11 is 5.69. The van der Waals surface area contributed by atoms with Crippen LogP contribution in [0.15, 0.2) is 23.0 Å². The minimum atomic E-state index is -0.510. The van der Waals surface area contributed by atoms with Gasteiger partial charge in [0.2, 0.25) is 0 Å². The fourth-order valence-electron chi connectivity index (χ4n) is 1.64. The SMILES string of the molecule is CCn1nc(C)n(-c2ccc(F)c(Cl)c2)c1=O. The average Bonchev–Trinajstić information content (AvgIpc) is 2.58. The van der Waals surface area contributed by atoms with E-state index in [1.54, 1.807) is 6.92 Å². The molecule has 0 amide bonds. The summed E-state index contributed by atoms with van der Waals surface area (Å²) < 4.78 is 15.8. The number of benzene rings is 1. The topological polar surface area (TPSA) is 39.8 Å². The summed E-state index contributed by atoms with van der Waals surface area (Å²) in [6.07, 6.45) is 0. The third-order valence-electron chi connectivity index (χ3n) is 2.46. The minimum Gasteiger partial charge on any atom is -0.247 e. The average molecular weight is 256 g/mol. The molecule has 0 aliphatic carbocycles. The Morgan fingerprint density at radius 2 is 2.18 bits per heavy atom. The van der Waals surface area contributed by atoms with Gasteiger partial charge in [0.25, 0.3) is 0 Å². The lowest BCUT2D eigenvalue weighted by Crippen LogP contribution is -2.23. The monoisotopic (exact) mass is 255 g/mol. The molecule has 0 fully saturated rings. The molecule has 1 aromatic carbocycles. The highest BCUT2D eigenvalue weighted by molar-refractivity contribution is 6.30. The second-order valence-electron chi connectivity index (χ2n) is 3.58. The van der Waals surface area contributed by atoms with E-state index in [4.69, 9.17) is 11.6 Å². The van der Waals surface area contributed by atoms with Crippen LogP contribution in [0.3, 0.4) is 0 Å². The van der Waals surface area contributed by atoms with Crippen molar-refractivity contribution in [2.45, 2.75) is 20.4 Å². The lowest BCUT2D eigenvalue weighted by molar-refractivity contribution is 0.624. The number of nitrogens with zero attached hydrogens (tertiary/aromatic N) is 3. The van der Waals surface area contributed by atoms with Crippen molar-refractivity contribution in [3.63, 3.8) is 0 Å². The van der Waals surface area contributed by atoms with Crippen molar-refractivity contribution in [1.29, 1.82) is 0 Å². The molecule has 17 heavy (non-hydrogen) atoms. The zero-order valence-electron chi connectivity index (χ0n) is 9.44. The van der Waals surface area contributed by atoms with E-state index < -0.39 is 5.82 Å². The van der Waals surface area contributed by atoms with Gasteiger partial charge in [-0.1, -0.05) is 11.6 Å². The molecule has 0 saturated carbocycles. The summed E-state index contributed by atoms with van der Waals surface area (Å²) in [5.41, 5.74) is 0.256. The highest BCUT2D eigenvalue weighted by atomic mass is 35.5. The van der Waals surface area contributed by atoms with Gasteiger partial charge in [0.05, 0.1) is 10.7 Å². The van der Waals surface area contributed by atoms with E-state index in [9.17, 15) is 9.18 Å². The molecule has 1 aromatic heterocycles. The van der Waals surface area contributed by atoms with Crippen LogP contribution in [0.2, 0.25) is 5.02 Å². The van der Waals surface area contributed by atoms with Crippen LogP contribution in [0.25, 0.3) is 5.69 Å². The van der Waals surface area contributed by atoms with Crippen molar-refractivity contribution in [1.82, 2.24) is 14.3 Å². The molecule has 0 aliphatic rings. The second-order valence-corrected chi connectivity index (χ2v) is 3.99. The molecule has 1 heterocycles. The Kier molecular flexibility index (Phi) is 3.02. The predicted molar refractivity (Wildman–Crippen MR) is 63.2 cm³/mol. The Bertz CT molecular complexity index is 618. The normalized spacial score (nSPS) is 10.8. The summed E-state index contributed by atoms with van der Waals surface area (Å²) in [4.78, 5) is 11.9. The molecule has 4 nitrogen and oxygen atoms in total. The fraction of sp³-hybridized carbons (Fsp3) is 0.273. The number of aromatic nitrogens is 3. The first-order chi connectivity index (χ1) is 8.04.